The van der Waals surface area contributed by atoms with Gasteiger partial charge in [-0.3, -0.25) is 9.79 Å². The second kappa shape index (κ2) is 12.8. The van der Waals surface area contributed by atoms with Gasteiger partial charge in [0.05, 0.1) is 19.7 Å². The Labute approximate surface area is 207 Å². The number of methoxy groups -OCH3 is 2. The maximum atomic E-state index is 11.9. The SMILES string of the molecule is CCNC(=NCCCc1cc2c(OC)cc(OC)cc2[nH]1)NC1CCN(C(=O)CC)C1.I. The molecule has 1 amide bonds. The van der Waals surface area contributed by atoms with Crippen LogP contribution in [0, 0.1) is 0 Å². The number of carbonyl (C=O) groups excluding carboxylic acids is 1. The number of likely N-dealkylation sites (tertiary alicyclic amines) is 1. The topological polar surface area (TPSA) is 91.0 Å². The number of halogens is 1. The van der Waals surface area contributed by atoms with E-state index in [1.165, 1.54) is 0 Å². The quantitative estimate of drug-likeness (QED) is 0.191. The van der Waals surface area contributed by atoms with Crippen LogP contribution in [0.25, 0.3) is 10.9 Å². The number of ether oxygens (including phenoxy) is 2. The van der Waals surface area contributed by atoms with Crippen molar-refractivity contribution in [1.82, 2.24) is 20.5 Å². The molecule has 0 spiro atoms. The maximum absolute atomic E-state index is 11.9. The molecule has 3 N–H and O–H groups in total. The van der Waals surface area contributed by atoms with Crippen LogP contribution in [0.3, 0.4) is 0 Å². The van der Waals surface area contributed by atoms with Crippen molar-refractivity contribution in [3.63, 3.8) is 0 Å². The number of hydrogen-bond donors (Lipinski definition) is 3. The fraction of sp³-hybridized carbons (Fsp3) is 0.565. The third kappa shape index (κ3) is 6.66. The number of nitrogens with zero attached hydrogens (tertiary/aromatic N) is 2. The van der Waals surface area contributed by atoms with Crippen LogP contribution in [-0.2, 0) is 11.2 Å². The lowest BCUT2D eigenvalue weighted by Crippen LogP contribution is -2.45. The Bertz CT molecular complexity index is 914. The summed E-state index contributed by atoms with van der Waals surface area (Å²) in [5.41, 5.74) is 2.16. The molecule has 8 nitrogen and oxygen atoms in total. The highest BCUT2D eigenvalue weighted by Gasteiger charge is 2.25. The Morgan fingerprint density at radius 3 is 2.75 bits per heavy atom. The van der Waals surface area contributed by atoms with E-state index in [9.17, 15) is 4.79 Å². The highest BCUT2D eigenvalue weighted by Crippen LogP contribution is 2.31. The first-order valence-corrected chi connectivity index (χ1v) is 11.1. The number of aliphatic imine (C=N–C) groups is 1. The molecule has 1 aliphatic heterocycles. The van der Waals surface area contributed by atoms with Gasteiger partial charge in [0.1, 0.15) is 11.5 Å². The molecule has 2 heterocycles. The fourth-order valence-corrected chi connectivity index (χ4v) is 3.96. The van der Waals surface area contributed by atoms with E-state index >= 15 is 0 Å². The lowest BCUT2D eigenvalue weighted by atomic mass is 10.2. The van der Waals surface area contributed by atoms with E-state index in [-0.39, 0.29) is 35.9 Å². The van der Waals surface area contributed by atoms with Crippen molar-refractivity contribution in [1.29, 1.82) is 0 Å². The highest BCUT2D eigenvalue weighted by atomic mass is 127. The number of H-pyrrole nitrogens is 1. The summed E-state index contributed by atoms with van der Waals surface area (Å²) in [5.74, 6) is 2.62. The first-order chi connectivity index (χ1) is 15.1. The van der Waals surface area contributed by atoms with Gasteiger partial charge in [-0.1, -0.05) is 6.92 Å². The average Bonchev–Trinajstić information content (AvgIpc) is 3.42. The van der Waals surface area contributed by atoms with Crippen LogP contribution in [0.4, 0.5) is 0 Å². The molecule has 1 fully saturated rings. The van der Waals surface area contributed by atoms with Crippen LogP contribution < -0.4 is 20.1 Å². The van der Waals surface area contributed by atoms with E-state index in [1.54, 1.807) is 14.2 Å². The number of fused-ring (bicyclic) bond motifs is 1. The van der Waals surface area contributed by atoms with Crippen LogP contribution in [0.1, 0.15) is 38.8 Å². The largest absolute Gasteiger partial charge is 0.497 e. The maximum Gasteiger partial charge on any atom is 0.222 e. The standard InChI is InChI=1S/C23H35N5O3.HI/c1-5-22(29)28-11-9-17(15-28)27-23(24-6-2)25-10-7-8-16-12-19-20(26-16)13-18(30-3)14-21(19)31-4;/h12-14,17,26H,5-11,15H2,1-4H3,(H2,24,25,27);1H. The van der Waals surface area contributed by atoms with Crippen LogP contribution >= 0.6 is 24.0 Å². The van der Waals surface area contributed by atoms with Gasteiger partial charge in [-0.15, -0.1) is 24.0 Å². The highest BCUT2D eigenvalue weighted by molar-refractivity contribution is 14.0. The molecule has 1 unspecified atom stereocenters. The van der Waals surface area contributed by atoms with Crippen molar-refractivity contribution < 1.29 is 14.3 Å². The van der Waals surface area contributed by atoms with Crippen molar-refractivity contribution in [3.05, 3.63) is 23.9 Å². The summed E-state index contributed by atoms with van der Waals surface area (Å²) in [6.07, 6.45) is 3.34. The van der Waals surface area contributed by atoms with Gasteiger partial charge >= 0.3 is 0 Å². The Balaban J connectivity index is 0.00000363. The number of benzene rings is 1. The first kappa shape index (κ1) is 26.1. The molecule has 0 bridgehead atoms. The van der Waals surface area contributed by atoms with E-state index in [4.69, 9.17) is 14.5 Å². The average molecular weight is 557 g/mol. The minimum Gasteiger partial charge on any atom is -0.497 e. The molecule has 1 aromatic heterocycles. The number of aromatic nitrogens is 1. The lowest BCUT2D eigenvalue weighted by Gasteiger charge is -2.18. The molecule has 32 heavy (non-hydrogen) atoms. The zero-order chi connectivity index (χ0) is 22.2. The second-order valence-electron chi connectivity index (χ2n) is 7.77. The summed E-state index contributed by atoms with van der Waals surface area (Å²) < 4.78 is 10.8. The normalized spacial score (nSPS) is 16.1. The summed E-state index contributed by atoms with van der Waals surface area (Å²) in [7, 11) is 3.33. The van der Waals surface area contributed by atoms with Crippen molar-refractivity contribution in [3.8, 4) is 11.5 Å². The lowest BCUT2D eigenvalue weighted by molar-refractivity contribution is -0.129. The van der Waals surface area contributed by atoms with Crippen molar-refractivity contribution >= 4 is 46.7 Å². The number of guanidine groups is 1. The van der Waals surface area contributed by atoms with E-state index < -0.39 is 0 Å². The minimum atomic E-state index is 0. The molecule has 1 aliphatic rings. The third-order valence-corrected chi connectivity index (χ3v) is 5.59. The predicted molar refractivity (Wildman–Crippen MR) is 140 cm³/mol. The van der Waals surface area contributed by atoms with Gasteiger partial charge in [-0.25, -0.2) is 0 Å². The molecule has 0 aliphatic carbocycles. The van der Waals surface area contributed by atoms with Gasteiger partial charge in [0.15, 0.2) is 5.96 Å². The van der Waals surface area contributed by atoms with Crippen LogP contribution in [-0.4, -0.2) is 68.2 Å². The van der Waals surface area contributed by atoms with E-state index in [2.05, 4.69) is 28.6 Å². The summed E-state index contributed by atoms with van der Waals surface area (Å²) in [6, 6.07) is 6.28. The summed E-state index contributed by atoms with van der Waals surface area (Å²) >= 11 is 0. The van der Waals surface area contributed by atoms with Crippen LogP contribution in [0.15, 0.2) is 23.2 Å². The molecule has 178 valence electrons. The second-order valence-corrected chi connectivity index (χ2v) is 7.77. The zero-order valence-corrected chi connectivity index (χ0v) is 21.8. The van der Waals surface area contributed by atoms with Crippen molar-refractivity contribution in [2.75, 3.05) is 40.4 Å². The van der Waals surface area contributed by atoms with Crippen molar-refractivity contribution in [2.45, 2.75) is 45.6 Å². The molecule has 1 saturated heterocycles. The summed E-state index contributed by atoms with van der Waals surface area (Å²) in [4.78, 5) is 22.0. The molecular formula is C23H36IN5O3. The van der Waals surface area contributed by atoms with E-state index in [0.717, 1.165) is 79.5 Å². The number of rotatable bonds is 9. The Morgan fingerprint density at radius 1 is 1.25 bits per heavy atom. The zero-order valence-electron chi connectivity index (χ0n) is 19.5. The molecule has 1 atom stereocenters. The predicted octanol–water partition coefficient (Wildman–Crippen LogP) is 3.30. The van der Waals surface area contributed by atoms with Crippen LogP contribution in [0.5, 0.6) is 11.5 Å². The summed E-state index contributed by atoms with van der Waals surface area (Å²) in [6.45, 7) is 7.06. The minimum absolute atomic E-state index is 0. The van der Waals surface area contributed by atoms with E-state index in [0.29, 0.717) is 6.42 Å². The third-order valence-electron chi connectivity index (χ3n) is 5.59. The number of aryl methyl sites for hydroxylation is 1. The number of hydrogen-bond acceptors (Lipinski definition) is 4. The van der Waals surface area contributed by atoms with Gasteiger partial charge in [-0.2, -0.15) is 0 Å². The smallest absolute Gasteiger partial charge is 0.222 e. The summed E-state index contributed by atoms with van der Waals surface area (Å²) in [5, 5.41) is 7.85. The number of carbonyl (C=O) groups is 1. The molecule has 0 saturated carbocycles. The number of nitrogens with one attached hydrogen (secondary N) is 3. The van der Waals surface area contributed by atoms with Crippen molar-refractivity contribution in [2.24, 2.45) is 4.99 Å². The Kier molecular flexibility index (Phi) is 10.4. The molecule has 3 rings (SSSR count). The van der Waals surface area contributed by atoms with E-state index in [1.807, 2.05) is 24.0 Å². The molecule has 1 aromatic carbocycles. The Hall–Kier alpha value is -2.17. The fourth-order valence-electron chi connectivity index (χ4n) is 3.96. The molecule has 0 radical (unpaired) electrons. The molecular weight excluding hydrogens is 521 g/mol. The van der Waals surface area contributed by atoms with Crippen LogP contribution in [0.2, 0.25) is 0 Å². The van der Waals surface area contributed by atoms with Gasteiger partial charge in [0.25, 0.3) is 0 Å². The first-order valence-electron chi connectivity index (χ1n) is 11.1. The molecule has 2 aromatic rings. The number of aromatic amines is 1. The van der Waals surface area contributed by atoms with Gasteiger partial charge in [0, 0.05) is 61.9 Å². The van der Waals surface area contributed by atoms with Gasteiger partial charge < -0.3 is 30.0 Å². The van der Waals surface area contributed by atoms with Gasteiger partial charge in [-0.05, 0) is 32.3 Å². The number of amides is 1. The monoisotopic (exact) mass is 557 g/mol. The Morgan fingerprint density at radius 2 is 2.06 bits per heavy atom. The van der Waals surface area contributed by atoms with Gasteiger partial charge in [0.2, 0.25) is 5.91 Å². The molecule has 9 heteroatoms.